The number of hydrogen-bond acceptors (Lipinski definition) is 6. The van der Waals surface area contributed by atoms with Crippen molar-refractivity contribution < 1.29 is 14.5 Å². The SMILES string of the molecule is COC(=O)C1CCN(c2c([N+](=O)[O-])c(C)nn2C(C)C)C1. The summed E-state index contributed by atoms with van der Waals surface area (Å²) in [5.41, 5.74) is 0.416. The molecule has 0 amide bonds. The topological polar surface area (TPSA) is 90.5 Å². The van der Waals surface area contributed by atoms with Crippen molar-refractivity contribution in [3.8, 4) is 0 Å². The summed E-state index contributed by atoms with van der Waals surface area (Å²) in [4.78, 5) is 24.4. The van der Waals surface area contributed by atoms with Crippen LogP contribution in [0.5, 0.6) is 0 Å². The number of methoxy groups -OCH3 is 1. The standard InChI is InChI=1S/C13H20N4O4/c1-8(2)16-12(11(17(19)20)9(3)14-16)15-6-5-10(7-15)13(18)21-4/h8,10H,5-7H2,1-4H3. The first kappa shape index (κ1) is 15.3. The maximum Gasteiger partial charge on any atom is 0.333 e. The van der Waals surface area contributed by atoms with Gasteiger partial charge in [0.05, 0.1) is 18.0 Å². The Kier molecular flexibility index (Phi) is 4.15. The largest absolute Gasteiger partial charge is 0.469 e. The van der Waals surface area contributed by atoms with E-state index in [-0.39, 0.29) is 23.6 Å². The molecule has 1 fully saturated rings. The van der Waals surface area contributed by atoms with E-state index in [0.29, 0.717) is 31.0 Å². The molecule has 0 aromatic carbocycles. The molecule has 8 heteroatoms. The van der Waals surface area contributed by atoms with Crippen LogP contribution < -0.4 is 4.90 Å². The minimum atomic E-state index is -0.401. The minimum absolute atomic E-state index is 0.00424. The van der Waals surface area contributed by atoms with Crippen molar-refractivity contribution in [3.63, 3.8) is 0 Å². The molecule has 1 aliphatic rings. The van der Waals surface area contributed by atoms with E-state index in [9.17, 15) is 14.9 Å². The second-order valence-corrected chi connectivity index (χ2v) is 5.51. The number of rotatable bonds is 4. The quantitative estimate of drug-likeness (QED) is 0.477. The highest BCUT2D eigenvalue weighted by atomic mass is 16.6. The van der Waals surface area contributed by atoms with Crippen LogP contribution >= 0.6 is 0 Å². The van der Waals surface area contributed by atoms with Crippen molar-refractivity contribution in [2.75, 3.05) is 25.1 Å². The van der Waals surface area contributed by atoms with Crippen LogP contribution in [0.4, 0.5) is 11.5 Å². The van der Waals surface area contributed by atoms with Gasteiger partial charge in [0.1, 0.15) is 5.69 Å². The molecule has 2 heterocycles. The van der Waals surface area contributed by atoms with Crippen molar-refractivity contribution in [2.24, 2.45) is 5.92 Å². The lowest BCUT2D eigenvalue weighted by Gasteiger charge is -2.20. The monoisotopic (exact) mass is 296 g/mol. The number of nitrogens with zero attached hydrogens (tertiary/aromatic N) is 4. The smallest absolute Gasteiger partial charge is 0.333 e. The molecule has 1 saturated heterocycles. The molecule has 0 spiro atoms. The fourth-order valence-electron chi connectivity index (χ4n) is 2.71. The summed E-state index contributed by atoms with van der Waals surface area (Å²) in [6.07, 6.45) is 0.631. The molecular weight excluding hydrogens is 276 g/mol. The normalized spacial score (nSPS) is 18.3. The zero-order chi connectivity index (χ0) is 15.7. The molecule has 0 N–H and O–H groups in total. The van der Waals surface area contributed by atoms with E-state index in [0.717, 1.165) is 0 Å². The van der Waals surface area contributed by atoms with Crippen LogP contribution in [0.25, 0.3) is 0 Å². The number of carbonyl (C=O) groups excluding carboxylic acids is 1. The first-order valence-electron chi connectivity index (χ1n) is 6.93. The summed E-state index contributed by atoms with van der Waals surface area (Å²) >= 11 is 0. The average molecular weight is 296 g/mol. The number of carbonyl (C=O) groups is 1. The lowest BCUT2D eigenvalue weighted by Crippen LogP contribution is -2.26. The van der Waals surface area contributed by atoms with Crippen molar-refractivity contribution in [2.45, 2.75) is 33.2 Å². The first-order valence-corrected chi connectivity index (χ1v) is 6.93. The molecule has 116 valence electrons. The third-order valence-corrected chi connectivity index (χ3v) is 3.72. The van der Waals surface area contributed by atoms with Gasteiger partial charge in [-0.05, 0) is 27.2 Å². The third-order valence-electron chi connectivity index (χ3n) is 3.72. The summed E-state index contributed by atoms with van der Waals surface area (Å²) in [5, 5.41) is 15.6. The van der Waals surface area contributed by atoms with Gasteiger partial charge in [-0.25, -0.2) is 4.68 Å². The van der Waals surface area contributed by atoms with Crippen LogP contribution in [0.15, 0.2) is 0 Å². The number of nitro groups is 1. The Labute approximate surface area is 122 Å². The Morgan fingerprint density at radius 1 is 1.52 bits per heavy atom. The highest BCUT2D eigenvalue weighted by Crippen LogP contribution is 2.36. The van der Waals surface area contributed by atoms with Crippen LogP contribution in [-0.2, 0) is 9.53 Å². The van der Waals surface area contributed by atoms with E-state index in [1.807, 2.05) is 18.7 Å². The van der Waals surface area contributed by atoms with Gasteiger partial charge in [0.25, 0.3) is 0 Å². The maximum absolute atomic E-state index is 11.6. The molecule has 1 atom stereocenters. The Morgan fingerprint density at radius 3 is 2.71 bits per heavy atom. The number of ether oxygens (including phenoxy) is 1. The van der Waals surface area contributed by atoms with Gasteiger partial charge in [-0.1, -0.05) is 0 Å². The number of hydrogen-bond donors (Lipinski definition) is 0. The predicted molar refractivity (Wildman–Crippen MR) is 76.3 cm³/mol. The van der Waals surface area contributed by atoms with Crippen molar-refractivity contribution in [1.82, 2.24) is 9.78 Å². The van der Waals surface area contributed by atoms with Crippen molar-refractivity contribution in [3.05, 3.63) is 15.8 Å². The number of aryl methyl sites for hydroxylation is 1. The van der Waals surface area contributed by atoms with Gasteiger partial charge < -0.3 is 9.64 Å². The summed E-state index contributed by atoms with van der Waals surface area (Å²) < 4.78 is 6.42. The zero-order valence-electron chi connectivity index (χ0n) is 12.7. The molecule has 0 saturated carbocycles. The fraction of sp³-hybridized carbons (Fsp3) is 0.692. The Bertz CT molecular complexity index is 567. The molecule has 1 aliphatic heterocycles. The second-order valence-electron chi connectivity index (χ2n) is 5.51. The molecule has 1 unspecified atom stereocenters. The van der Waals surface area contributed by atoms with E-state index < -0.39 is 4.92 Å². The van der Waals surface area contributed by atoms with Crippen molar-refractivity contribution in [1.29, 1.82) is 0 Å². The lowest BCUT2D eigenvalue weighted by atomic mass is 10.1. The van der Waals surface area contributed by atoms with Gasteiger partial charge in [-0.2, -0.15) is 5.10 Å². The molecule has 2 rings (SSSR count). The van der Waals surface area contributed by atoms with Crippen LogP contribution in [0.1, 0.15) is 32.0 Å². The Hall–Kier alpha value is -2.12. The molecule has 1 aromatic heterocycles. The first-order chi connectivity index (χ1) is 9.86. The number of aromatic nitrogens is 2. The summed E-state index contributed by atoms with van der Waals surface area (Å²) in [7, 11) is 1.36. The molecule has 0 aliphatic carbocycles. The highest BCUT2D eigenvalue weighted by Gasteiger charge is 2.37. The summed E-state index contributed by atoms with van der Waals surface area (Å²) in [6.45, 7) is 6.49. The van der Waals surface area contributed by atoms with Gasteiger partial charge in [0.2, 0.25) is 5.82 Å². The minimum Gasteiger partial charge on any atom is -0.469 e. The van der Waals surface area contributed by atoms with Crippen LogP contribution in [-0.4, -0.2) is 40.9 Å². The highest BCUT2D eigenvalue weighted by molar-refractivity contribution is 5.74. The Morgan fingerprint density at radius 2 is 2.19 bits per heavy atom. The molecular formula is C13H20N4O4. The van der Waals surface area contributed by atoms with Gasteiger partial charge >= 0.3 is 11.7 Å². The molecule has 1 aromatic rings. The van der Waals surface area contributed by atoms with E-state index in [2.05, 4.69) is 5.10 Å². The van der Waals surface area contributed by atoms with Gasteiger partial charge in [-0.15, -0.1) is 0 Å². The zero-order valence-corrected chi connectivity index (χ0v) is 12.7. The fourth-order valence-corrected chi connectivity index (χ4v) is 2.71. The number of anilines is 1. The summed E-state index contributed by atoms with van der Waals surface area (Å²) in [6, 6.07) is 0.00424. The van der Waals surface area contributed by atoms with Gasteiger partial charge in [-0.3, -0.25) is 14.9 Å². The molecule has 0 bridgehead atoms. The molecule has 0 radical (unpaired) electrons. The van der Waals surface area contributed by atoms with Crippen molar-refractivity contribution >= 4 is 17.5 Å². The lowest BCUT2D eigenvalue weighted by molar-refractivity contribution is -0.384. The van der Waals surface area contributed by atoms with E-state index >= 15 is 0 Å². The second kappa shape index (κ2) is 5.71. The summed E-state index contributed by atoms with van der Waals surface area (Å²) in [5.74, 6) is -0.0307. The predicted octanol–water partition coefficient (Wildman–Crippen LogP) is 1.68. The van der Waals surface area contributed by atoms with E-state index in [1.54, 1.807) is 11.6 Å². The van der Waals surface area contributed by atoms with Gasteiger partial charge in [0.15, 0.2) is 0 Å². The van der Waals surface area contributed by atoms with Crippen LogP contribution in [0.2, 0.25) is 0 Å². The average Bonchev–Trinajstić information content (AvgIpc) is 3.01. The molecule has 21 heavy (non-hydrogen) atoms. The third kappa shape index (κ3) is 2.70. The Balaban J connectivity index is 2.39. The maximum atomic E-state index is 11.6. The van der Waals surface area contributed by atoms with E-state index in [1.165, 1.54) is 7.11 Å². The van der Waals surface area contributed by atoms with Gasteiger partial charge in [0, 0.05) is 19.1 Å². The van der Waals surface area contributed by atoms with Crippen LogP contribution in [0, 0.1) is 23.0 Å². The van der Waals surface area contributed by atoms with Crippen LogP contribution in [0.3, 0.4) is 0 Å². The number of esters is 1. The van der Waals surface area contributed by atoms with E-state index in [4.69, 9.17) is 4.74 Å². The molecule has 8 nitrogen and oxygen atoms in total.